The van der Waals surface area contributed by atoms with Crippen molar-refractivity contribution in [3.05, 3.63) is 0 Å². The summed E-state index contributed by atoms with van der Waals surface area (Å²) < 4.78 is 5.07. The molecule has 16 heavy (non-hydrogen) atoms. The minimum absolute atomic E-state index is 0.0268. The van der Waals surface area contributed by atoms with Gasteiger partial charge in [0.25, 0.3) is 0 Å². The van der Waals surface area contributed by atoms with Crippen LogP contribution in [0.2, 0.25) is 0 Å². The number of hydrogen-bond donors (Lipinski definition) is 2. The second-order valence-corrected chi connectivity index (χ2v) is 4.44. The molecule has 0 spiro atoms. The fourth-order valence-electron chi connectivity index (χ4n) is 1.02. The van der Waals surface area contributed by atoms with Crippen molar-refractivity contribution in [2.75, 3.05) is 6.61 Å². The Kier molecular flexibility index (Phi) is 5.98. The first-order valence-electron chi connectivity index (χ1n) is 5.03. The van der Waals surface area contributed by atoms with Gasteiger partial charge in [-0.05, 0) is 27.2 Å². The normalized spacial score (nSPS) is 13.1. The number of carbonyl (C=O) groups is 2. The minimum atomic E-state index is -0.724. The van der Waals surface area contributed by atoms with E-state index in [0.717, 1.165) is 0 Å². The number of rotatable bonds is 5. The van der Waals surface area contributed by atoms with Crippen LogP contribution in [0.15, 0.2) is 0 Å². The first-order valence-corrected chi connectivity index (χ1v) is 5.03. The van der Waals surface area contributed by atoms with Gasteiger partial charge in [0.1, 0.15) is 5.60 Å². The summed E-state index contributed by atoms with van der Waals surface area (Å²) in [5.41, 5.74) is -0.612. The van der Waals surface area contributed by atoms with E-state index in [1.54, 1.807) is 20.8 Å². The van der Waals surface area contributed by atoms with Gasteiger partial charge < -0.3 is 14.7 Å². The molecule has 0 amide bonds. The van der Waals surface area contributed by atoms with Crippen LogP contribution in [-0.4, -0.2) is 29.3 Å². The van der Waals surface area contributed by atoms with Gasteiger partial charge in [-0.15, -0.1) is 0 Å². The molecule has 1 unspecified atom stereocenters. The van der Waals surface area contributed by atoms with Gasteiger partial charge in [0.15, 0.2) is 0 Å². The van der Waals surface area contributed by atoms with E-state index in [-0.39, 0.29) is 19.4 Å². The zero-order valence-electron chi connectivity index (χ0n) is 9.86. The summed E-state index contributed by atoms with van der Waals surface area (Å²) in [6.45, 7) is 4.82. The third-order valence-electron chi connectivity index (χ3n) is 1.79. The molecule has 0 bridgehead atoms. The lowest BCUT2D eigenvalue weighted by molar-refractivity contribution is -0.162. The van der Waals surface area contributed by atoms with E-state index in [1.807, 2.05) is 0 Å². The van der Waals surface area contributed by atoms with Crippen molar-refractivity contribution in [2.45, 2.75) is 39.2 Å². The molecule has 0 rings (SSSR count). The Hall–Kier alpha value is -1.14. The Morgan fingerprint density at radius 3 is 2.31 bits per heavy atom. The molecule has 0 aromatic rings. The molecule has 0 aliphatic heterocycles. The Labute approximate surface area is 94.7 Å². The smallest absolute Gasteiger partial charge is 0.324 e. The average molecular weight is 233 g/mol. The quantitative estimate of drug-likeness (QED) is 0.517. The third kappa shape index (κ3) is 6.36. The van der Waals surface area contributed by atoms with E-state index >= 15 is 0 Å². The zero-order chi connectivity index (χ0) is 12.8. The van der Waals surface area contributed by atoms with Crippen molar-refractivity contribution in [1.29, 1.82) is 0 Å². The molecule has 0 aliphatic carbocycles. The summed E-state index contributed by atoms with van der Waals surface area (Å²) in [7, 11) is 0. The Balaban J connectivity index is 4.17. The largest absolute Gasteiger partial charge is 0.460 e. The Morgan fingerprint density at radius 1 is 1.38 bits per heavy atom. The molecule has 0 aromatic heterocycles. The number of esters is 1. The van der Waals surface area contributed by atoms with Gasteiger partial charge in [-0.3, -0.25) is 9.59 Å². The molecule has 0 saturated heterocycles. The molecule has 0 saturated carbocycles. The molecule has 0 fully saturated rings. The monoisotopic (exact) mass is 233 g/mol. The zero-order valence-corrected chi connectivity index (χ0v) is 9.86. The Bertz CT molecular complexity index is 246. The third-order valence-corrected chi connectivity index (χ3v) is 1.79. The molecular formula is C10H19NO5. The molecule has 0 aromatic carbocycles. The Morgan fingerprint density at radius 2 is 1.94 bits per heavy atom. The fraction of sp³-hybridized carbons (Fsp3) is 0.800. The number of aliphatic hydroxyl groups is 1. The van der Waals surface area contributed by atoms with Crippen molar-refractivity contribution in [1.82, 2.24) is 0 Å². The van der Waals surface area contributed by atoms with Crippen LogP contribution in [0.25, 0.3) is 0 Å². The molecule has 1 atom stereocenters. The maximum atomic E-state index is 11.5. The van der Waals surface area contributed by atoms with Crippen LogP contribution in [-0.2, 0) is 19.2 Å². The maximum Gasteiger partial charge on any atom is 0.324 e. The standard InChI is InChI=1S/C10H19NO5/c1-10(2,3)15-9(14)7(6-12)4-5-8(13)16-11/h7,12H,4-6,11H2,1-3H3. The molecule has 0 heterocycles. The molecular weight excluding hydrogens is 214 g/mol. The second-order valence-electron chi connectivity index (χ2n) is 4.44. The van der Waals surface area contributed by atoms with E-state index in [0.29, 0.717) is 0 Å². The summed E-state index contributed by atoms with van der Waals surface area (Å²) in [5, 5.41) is 8.99. The fourth-order valence-corrected chi connectivity index (χ4v) is 1.02. The van der Waals surface area contributed by atoms with Crippen LogP contribution in [0.4, 0.5) is 0 Å². The number of nitrogens with two attached hydrogens (primary N) is 1. The summed E-state index contributed by atoms with van der Waals surface area (Å²) in [6, 6.07) is 0. The molecule has 3 N–H and O–H groups in total. The minimum Gasteiger partial charge on any atom is -0.460 e. The van der Waals surface area contributed by atoms with Crippen LogP contribution < -0.4 is 5.90 Å². The molecule has 6 heteroatoms. The lowest BCUT2D eigenvalue weighted by Gasteiger charge is -2.22. The number of aliphatic hydroxyl groups excluding tert-OH is 1. The molecule has 0 aliphatic rings. The van der Waals surface area contributed by atoms with E-state index in [9.17, 15) is 9.59 Å². The van der Waals surface area contributed by atoms with Crippen LogP contribution >= 0.6 is 0 Å². The predicted molar refractivity (Wildman–Crippen MR) is 55.9 cm³/mol. The van der Waals surface area contributed by atoms with E-state index < -0.39 is 23.5 Å². The van der Waals surface area contributed by atoms with Crippen molar-refractivity contribution in [3.63, 3.8) is 0 Å². The lowest BCUT2D eigenvalue weighted by Crippen LogP contribution is -2.30. The van der Waals surface area contributed by atoms with Gasteiger partial charge in [0.05, 0.1) is 12.5 Å². The van der Waals surface area contributed by atoms with Gasteiger partial charge >= 0.3 is 11.9 Å². The van der Waals surface area contributed by atoms with Crippen LogP contribution in [0.3, 0.4) is 0 Å². The predicted octanol–water partition coefficient (Wildman–Crippen LogP) is 0.134. The van der Waals surface area contributed by atoms with Crippen LogP contribution in [0.5, 0.6) is 0 Å². The number of carbonyl (C=O) groups excluding carboxylic acids is 2. The summed E-state index contributed by atoms with van der Waals surface area (Å²) >= 11 is 0. The average Bonchev–Trinajstić information content (AvgIpc) is 2.15. The highest BCUT2D eigenvalue weighted by atomic mass is 16.7. The molecule has 94 valence electrons. The summed E-state index contributed by atoms with van der Waals surface area (Å²) in [4.78, 5) is 26.2. The van der Waals surface area contributed by atoms with Gasteiger partial charge in [-0.2, -0.15) is 5.90 Å². The van der Waals surface area contributed by atoms with Gasteiger partial charge in [-0.25, -0.2) is 0 Å². The highest BCUT2D eigenvalue weighted by Crippen LogP contribution is 2.14. The SMILES string of the molecule is CC(C)(C)OC(=O)C(CO)CCC(=O)ON. The number of ether oxygens (including phenoxy) is 1. The summed E-state index contributed by atoms with van der Waals surface area (Å²) in [6.07, 6.45) is 0.127. The van der Waals surface area contributed by atoms with Crippen molar-refractivity contribution in [2.24, 2.45) is 11.8 Å². The van der Waals surface area contributed by atoms with Crippen molar-refractivity contribution < 1.29 is 24.3 Å². The van der Waals surface area contributed by atoms with Gasteiger partial charge in [-0.1, -0.05) is 0 Å². The van der Waals surface area contributed by atoms with Crippen molar-refractivity contribution >= 4 is 11.9 Å². The number of hydrogen-bond acceptors (Lipinski definition) is 6. The highest BCUT2D eigenvalue weighted by Gasteiger charge is 2.25. The first kappa shape index (κ1) is 14.9. The van der Waals surface area contributed by atoms with Crippen molar-refractivity contribution in [3.8, 4) is 0 Å². The second kappa shape index (κ2) is 6.44. The van der Waals surface area contributed by atoms with Gasteiger partial charge in [0, 0.05) is 6.42 Å². The van der Waals surface area contributed by atoms with Crippen LogP contribution in [0, 0.1) is 5.92 Å². The molecule has 0 radical (unpaired) electrons. The molecule has 6 nitrogen and oxygen atoms in total. The maximum absolute atomic E-state index is 11.5. The van der Waals surface area contributed by atoms with Crippen LogP contribution in [0.1, 0.15) is 33.6 Å². The van der Waals surface area contributed by atoms with Gasteiger partial charge in [0.2, 0.25) is 0 Å². The lowest BCUT2D eigenvalue weighted by atomic mass is 10.0. The van der Waals surface area contributed by atoms with E-state index in [1.165, 1.54) is 0 Å². The highest BCUT2D eigenvalue weighted by molar-refractivity contribution is 5.74. The summed E-state index contributed by atoms with van der Waals surface area (Å²) in [5.74, 6) is 2.77. The van der Waals surface area contributed by atoms with E-state index in [2.05, 4.69) is 10.7 Å². The van der Waals surface area contributed by atoms with E-state index in [4.69, 9.17) is 9.84 Å². The first-order chi connectivity index (χ1) is 7.30. The topological polar surface area (TPSA) is 98.8 Å².